The maximum absolute atomic E-state index is 12.3. The lowest BCUT2D eigenvalue weighted by molar-refractivity contribution is 0.0982. The summed E-state index contributed by atoms with van der Waals surface area (Å²) in [5.74, 6) is 0.444. The van der Waals surface area contributed by atoms with Gasteiger partial charge in [-0.2, -0.15) is 0 Å². The molecule has 1 aliphatic carbocycles. The van der Waals surface area contributed by atoms with Crippen LogP contribution in [0.3, 0.4) is 0 Å². The molecule has 3 aliphatic rings. The van der Waals surface area contributed by atoms with Gasteiger partial charge in [0, 0.05) is 68.8 Å². The summed E-state index contributed by atoms with van der Waals surface area (Å²) >= 11 is 0. The fourth-order valence-electron chi connectivity index (χ4n) is 6.17. The summed E-state index contributed by atoms with van der Waals surface area (Å²) in [5, 5.41) is 6.82. The molecule has 0 unspecified atom stereocenters. The number of piperazine rings is 1. The monoisotopic (exact) mass is 535 g/mol. The van der Waals surface area contributed by atoms with Gasteiger partial charge in [0.25, 0.3) is 5.91 Å². The van der Waals surface area contributed by atoms with Crippen molar-refractivity contribution in [1.82, 2.24) is 19.8 Å². The zero-order chi connectivity index (χ0) is 27.4. The number of carbonyl (C=O) groups is 1. The molecule has 3 fully saturated rings. The lowest BCUT2D eigenvalue weighted by Crippen LogP contribution is -2.52. The highest BCUT2D eigenvalue weighted by Gasteiger charge is 2.27. The molecule has 1 aromatic carbocycles. The number of nitrogens with zero attached hydrogens (tertiary/aromatic N) is 5. The van der Waals surface area contributed by atoms with E-state index in [1.165, 1.54) is 44.7 Å². The van der Waals surface area contributed by atoms with Crippen molar-refractivity contribution in [3.8, 4) is 0 Å². The normalized spacial score (nSPS) is 23.5. The lowest BCUT2D eigenvalue weighted by Gasteiger charge is -2.42. The van der Waals surface area contributed by atoms with Crippen LogP contribution in [0.4, 0.5) is 23.0 Å². The Hall–Kier alpha value is -2.95. The van der Waals surface area contributed by atoms with Crippen LogP contribution < -0.4 is 27.0 Å². The van der Waals surface area contributed by atoms with E-state index < -0.39 is 5.91 Å². The molecule has 6 N–H and O–H groups in total. The highest BCUT2D eigenvalue weighted by atomic mass is 16.1. The van der Waals surface area contributed by atoms with E-state index in [0.29, 0.717) is 24.1 Å². The van der Waals surface area contributed by atoms with E-state index in [9.17, 15) is 4.79 Å². The Kier molecular flexibility index (Phi) is 8.84. The van der Waals surface area contributed by atoms with Gasteiger partial charge in [-0.15, -0.1) is 0 Å². The summed E-state index contributed by atoms with van der Waals surface area (Å²) < 4.78 is 0. The third kappa shape index (κ3) is 6.62. The second-order valence-corrected chi connectivity index (χ2v) is 11.4. The molecule has 39 heavy (non-hydrogen) atoms. The van der Waals surface area contributed by atoms with Crippen LogP contribution in [-0.4, -0.2) is 90.1 Å². The summed E-state index contributed by atoms with van der Waals surface area (Å²) in [7, 11) is 2.21. The number of amides is 1. The van der Waals surface area contributed by atoms with E-state index in [4.69, 9.17) is 16.5 Å². The van der Waals surface area contributed by atoms with E-state index in [-0.39, 0.29) is 17.8 Å². The number of hydrogen-bond donors (Lipinski definition) is 4. The molecule has 212 valence electrons. The molecule has 2 atom stereocenters. The van der Waals surface area contributed by atoms with E-state index in [2.05, 4.69) is 49.5 Å². The van der Waals surface area contributed by atoms with E-state index in [0.717, 1.165) is 50.2 Å². The van der Waals surface area contributed by atoms with Crippen LogP contribution in [0.1, 0.15) is 61.6 Å². The van der Waals surface area contributed by atoms with Crippen molar-refractivity contribution in [1.29, 1.82) is 0 Å². The molecule has 1 aromatic heterocycles. The molecule has 0 radical (unpaired) electrons. The average Bonchev–Trinajstić information content (AvgIpc) is 2.95. The molecule has 1 saturated carbocycles. The number of benzene rings is 1. The van der Waals surface area contributed by atoms with Crippen molar-refractivity contribution < 1.29 is 4.79 Å². The number of anilines is 4. The van der Waals surface area contributed by atoms with Gasteiger partial charge in [0.15, 0.2) is 17.3 Å². The first-order chi connectivity index (χ1) is 18.9. The quantitative estimate of drug-likeness (QED) is 0.403. The first-order valence-corrected chi connectivity index (χ1v) is 14.7. The summed E-state index contributed by atoms with van der Waals surface area (Å²) in [5.41, 5.74) is 15.0. The van der Waals surface area contributed by atoms with Crippen molar-refractivity contribution in [2.24, 2.45) is 11.5 Å². The van der Waals surface area contributed by atoms with Crippen LogP contribution in [0, 0.1) is 0 Å². The van der Waals surface area contributed by atoms with Gasteiger partial charge in [-0.1, -0.05) is 19.8 Å². The fourth-order valence-corrected chi connectivity index (χ4v) is 6.17. The number of aryl methyl sites for hydroxylation is 1. The van der Waals surface area contributed by atoms with E-state index >= 15 is 0 Å². The van der Waals surface area contributed by atoms with Crippen LogP contribution in [0.25, 0.3) is 0 Å². The van der Waals surface area contributed by atoms with Crippen LogP contribution in [0.2, 0.25) is 0 Å². The van der Waals surface area contributed by atoms with Gasteiger partial charge in [-0.05, 0) is 63.4 Å². The Morgan fingerprint density at radius 3 is 2.28 bits per heavy atom. The smallest absolute Gasteiger partial charge is 0.271 e. The highest BCUT2D eigenvalue weighted by molar-refractivity contribution is 5.96. The number of carbonyl (C=O) groups excluding carboxylic acids is 1. The Morgan fingerprint density at radius 1 is 0.949 bits per heavy atom. The maximum Gasteiger partial charge on any atom is 0.271 e. The topological polar surface area (TPSA) is 129 Å². The minimum atomic E-state index is -0.597. The molecule has 10 heteroatoms. The second kappa shape index (κ2) is 12.5. The molecule has 2 aliphatic heterocycles. The predicted molar refractivity (Wildman–Crippen MR) is 158 cm³/mol. The van der Waals surface area contributed by atoms with Gasteiger partial charge in [0.05, 0.1) is 5.69 Å². The van der Waals surface area contributed by atoms with Gasteiger partial charge >= 0.3 is 0 Å². The number of primary amides is 1. The zero-order valence-electron chi connectivity index (χ0n) is 23.5. The Labute approximate surface area is 232 Å². The first kappa shape index (κ1) is 27.6. The van der Waals surface area contributed by atoms with Gasteiger partial charge < -0.3 is 31.9 Å². The standard InChI is InChI=1S/C29H45N9O/c1-3-24-28(34-25-7-5-4-6-23(25)30)35-29(26(33-24)27(31)39)32-20-8-10-21(11-9-20)37-14-12-22(13-15-37)38-18-16-36(2)17-19-38/h8-11,22-23,25H,3-7,12-19,30H2,1-2H3,(H2,31,39)(H2,32,34,35)/t23-,25+/m1/s1. The van der Waals surface area contributed by atoms with Gasteiger partial charge in [-0.3, -0.25) is 9.69 Å². The largest absolute Gasteiger partial charge is 0.371 e. The molecule has 5 rings (SSSR count). The van der Waals surface area contributed by atoms with Crippen molar-refractivity contribution in [2.75, 3.05) is 61.8 Å². The number of aromatic nitrogens is 2. The number of rotatable bonds is 8. The summed E-state index contributed by atoms with van der Waals surface area (Å²) in [6.45, 7) is 8.84. The summed E-state index contributed by atoms with van der Waals surface area (Å²) in [4.78, 5) is 29.2. The minimum Gasteiger partial charge on any atom is -0.371 e. The number of hydrogen-bond acceptors (Lipinski definition) is 9. The summed E-state index contributed by atoms with van der Waals surface area (Å²) in [6, 6.07) is 9.26. The van der Waals surface area contributed by atoms with Crippen molar-refractivity contribution in [2.45, 2.75) is 70.0 Å². The number of nitrogens with one attached hydrogen (secondary N) is 2. The SMILES string of the molecule is CCc1nc(C(N)=O)c(Nc2ccc(N3CCC(N4CCN(C)CC4)CC3)cc2)nc1N[C@H]1CCCC[C@H]1N. The van der Waals surface area contributed by atoms with Gasteiger partial charge in [0.2, 0.25) is 0 Å². The van der Waals surface area contributed by atoms with Crippen molar-refractivity contribution >= 4 is 28.9 Å². The Morgan fingerprint density at radius 2 is 1.64 bits per heavy atom. The number of piperidine rings is 1. The molecule has 3 heterocycles. The van der Waals surface area contributed by atoms with Crippen LogP contribution in [-0.2, 0) is 6.42 Å². The molecule has 1 amide bonds. The Bertz CT molecular complexity index is 1110. The first-order valence-electron chi connectivity index (χ1n) is 14.7. The minimum absolute atomic E-state index is 0.0802. The molecule has 2 saturated heterocycles. The summed E-state index contributed by atoms with van der Waals surface area (Å²) in [6.07, 6.45) is 7.33. The fraction of sp³-hybridized carbons (Fsp3) is 0.621. The third-order valence-corrected chi connectivity index (χ3v) is 8.69. The van der Waals surface area contributed by atoms with E-state index in [1.54, 1.807) is 0 Å². The lowest BCUT2D eigenvalue weighted by atomic mass is 9.91. The second-order valence-electron chi connectivity index (χ2n) is 11.4. The molecule has 2 aromatic rings. The van der Waals surface area contributed by atoms with Crippen LogP contribution >= 0.6 is 0 Å². The number of likely N-dealkylation sites (N-methyl/N-ethyl adjacent to an activating group) is 1. The predicted octanol–water partition coefficient (Wildman–Crippen LogP) is 2.78. The van der Waals surface area contributed by atoms with Gasteiger partial charge in [0.1, 0.15) is 0 Å². The maximum atomic E-state index is 12.3. The van der Waals surface area contributed by atoms with Crippen molar-refractivity contribution in [3.05, 3.63) is 35.7 Å². The Balaban J connectivity index is 1.25. The molecule has 0 spiro atoms. The highest BCUT2D eigenvalue weighted by Crippen LogP contribution is 2.28. The zero-order valence-corrected chi connectivity index (χ0v) is 23.5. The molecular weight excluding hydrogens is 490 g/mol. The van der Waals surface area contributed by atoms with Crippen LogP contribution in [0.5, 0.6) is 0 Å². The number of nitrogens with two attached hydrogens (primary N) is 2. The third-order valence-electron chi connectivity index (χ3n) is 8.69. The van der Waals surface area contributed by atoms with Crippen LogP contribution in [0.15, 0.2) is 24.3 Å². The van der Waals surface area contributed by atoms with Gasteiger partial charge in [-0.25, -0.2) is 9.97 Å². The average molecular weight is 536 g/mol. The molecule has 10 nitrogen and oxygen atoms in total. The van der Waals surface area contributed by atoms with Crippen molar-refractivity contribution in [3.63, 3.8) is 0 Å². The molecule has 0 bridgehead atoms. The van der Waals surface area contributed by atoms with E-state index in [1.807, 2.05) is 19.1 Å². The molecular formula is C29H45N9O.